The van der Waals surface area contributed by atoms with Crippen LogP contribution >= 0.6 is 0 Å². The first kappa shape index (κ1) is 15.9. The highest BCUT2D eigenvalue weighted by Crippen LogP contribution is 2.24. The minimum absolute atomic E-state index is 0.120. The lowest BCUT2D eigenvalue weighted by Crippen LogP contribution is -2.16. The number of ketones is 1. The molecule has 0 aromatic heterocycles. The first-order valence-corrected chi connectivity index (χ1v) is 7.38. The highest BCUT2D eigenvalue weighted by Gasteiger charge is 2.19. The van der Waals surface area contributed by atoms with Crippen LogP contribution < -0.4 is 5.32 Å². The molecule has 0 bridgehead atoms. The van der Waals surface area contributed by atoms with Crippen molar-refractivity contribution in [1.82, 2.24) is 0 Å². The van der Waals surface area contributed by atoms with E-state index in [1.165, 1.54) is 18.2 Å². The molecular weight excluding hydrogens is 313 g/mol. The summed E-state index contributed by atoms with van der Waals surface area (Å²) in [7, 11) is 0. The molecule has 1 aliphatic rings. The lowest BCUT2D eigenvalue weighted by atomic mass is 10.1. The maximum absolute atomic E-state index is 13.5. The molecule has 0 radical (unpaired) electrons. The van der Waals surface area contributed by atoms with Crippen molar-refractivity contribution in [1.29, 1.82) is 0 Å². The summed E-state index contributed by atoms with van der Waals surface area (Å²) in [5.74, 6) is -1.66. The number of halogens is 1. The minimum Gasteiger partial charge on any atom is -0.457 e. The van der Waals surface area contributed by atoms with Crippen molar-refractivity contribution < 1.29 is 23.5 Å². The third kappa shape index (κ3) is 3.48. The Morgan fingerprint density at radius 3 is 2.75 bits per heavy atom. The summed E-state index contributed by atoms with van der Waals surface area (Å²) >= 11 is 0. The van der Waals surface area contributed by atoms with Gasteiger partial charge in [0.05, 0.1) is 12.8 Å². The van der Waals surface area contributed by atoms with Crippen LogP contribution in [0, 0.1) is 5.82 Å². The quantitative estimate of drug-likeness (QED) is 0.675. The smallest absolute Gasteiger partial charge is 0.310 e. The molecule has 24 heavy (non-hydrogen) atoms. The number of fused-ring (bicyclic) bond motifs is 1. The number of rotatable bonds is 5. The zero-order valence-electron chi connectivity index (χ0n) is 12.7. The highest BCUT2D eigenvalue weighted by atomic mass is 19.1. The van der Waals surface area contributed by atoms with Gasteiger partial charge in [0.1, 0.15) is 5.82 Å². The molecule has 3 rings (SSSR count). The largest absolute Gasteiger partial charge is 0.457 e. The zero-order chi connectivity index (χ0) is 17.1. The van der Waals surface area contributed by atoms with E-state index >= 15 is 0 Å². The van der Waals surface area contributed by atoms with Gasteiger partial charge in [-0.3, -0.25) is 14.4 Å². The van der Waals surface area contributed by atoms with Crippen LogP contribution in [0.15, 0.2) is 42.5 Å². The van der Waals surface area contributed by atoms with Gasteiger partial charge in [-0.1, -0.05) is 18.2 Å². The molecule has 122 valence electrons. The van der Waals surface area contributed by atoms with Crippen LogP contribution in [0.4, 0.5) is 10.1 Å². The molecule has 2 aromatic rings. The molecule has 0 aliphatic carbocycles. The molecule has 0 saturated carbocycles. The van der Waals surface area contributed by atoms with E-state index in [0.717, 1.165) is 5.56 Å². The van der Waals surface area contributed by atoms with Gasteiger partial charge in [0.2, 0.25) is 5.91 Å². The lowest BCUT2D eigenvalue weighted by molar-refractivity contribution is -0.141. The van der Waals surface area contributed by atoms with E-state index in [1.807, 2.05) is 0 Å². The van der Waals surface area contributed by atoms with Crippen molar-refractivity contribution >= 4 is 23.3 Å². The average molecular weight is 327 g/mol. The fourth-order valence-corrected chi connectivity index (χ4v) is 2.48. The number of nitrogens with one attached hydrogen (secondary N) is 1. The molecular formula is C18H14FNO4. The number of anilines is 1. The van der Waals surface area contributed by atoms with Gasteiger partial charge in [0, 0.05) is 11.3 Å². The third-order valence-corrected chi connectivity index (χ3v) is 3.71. The number of hydrogen-bond acceptors (Lipinski definition) is 4. The van der Waals surface area contributed by atoms with Crippen LogP contribution in [-0.2, 0) is 27.2 Å². The maximum atomic E-state index is 13.5. The number of carbonyl (C=O) groups is 3. The second-order valence-corrected chi connectivity index (χ2v) is 5.45. The van der Waals surface area contributed by atoms with Gasteiger partial charge in [-0.05, 0) is 35.4 Å². The summed E-state index contributed by atoms with van der Waals surface area (Å²) in [6.45, 7) is -0.423. The summed E-state index contributed by atoms with van der Waals surface area (Å²) in [6, 6.07) is 10.7. The van der Waals surface area contributed by atoms with E-state index in [0.29, 0.717) is 11.3 Å². The van der Waals surface area contributed by atoms with Gasteiger partial charge in [-0.2, -0.15) is 0 Å². The molecule has 1 N–H and O–H groups in total. The van der Waals surface area contributed by atoms with Crippen molar-refractivity contribution in [2.75, 3.05) is 11.9 Å². The standard InChI is InChI=1S/C18H14FNO4/c19-14-4-2-1-3-11(14)9-18(23)24-10-16(21)12-5-6-15-13(7-12)8-17(22)20-15/h1-7H,8-10H2,(H,20,22). The van der Waals surface area contributed by atoms with Crippen molar-refractivity contribution in [2.45, 2.75) is 12.8 Å². The SMILES string of the molecule is O=C1Cc2cc(C(=O)COC(=O)Cc3ccccc3F)ccc2N1. The van der Waals surface area contributed by atoms with Crippen LogP contribution in [0.25, 0.3) is 0 Å². The summed E-state index contributed by atoms with van der Waals surface area (Å²) in [5.41, 5.74) is 2.01. The second-order valence-electron chi connectivity index (χ2n) is 5.45. The van der Waals surface area contributed by atoms with E-state index in [4.69, 9.17) is 4.74 Å². The second kappa shape index (κ2) is 6.62. The molecule has 6 heteroatoms. The molecule has 1 heterocycles. The number of amides is 1. The predicted octanol–water partition coefficient (Wildman–Crippen LogP) is 2.29. The molecule has 5 nitrogen and oxygen atoms in total. The summed E-state index contributed by atoms with van der Waals surface area (Å²) in [5, 5.41) is 2.68. The number of esters is 1. The summed E-state index contributed by atoms with van der Waals surface area (Å²) in [6.07, 6.45) is -0.00785. The summed E-state index contributed by atoms with van der Waals surface area (Å²) in [4.78, 5) is 35.1. The van der Waals surface area contributed by atoms with E-state index < -0.39 is 18.4 Å². The molecule has 1 aliphatic heterocycles. The Morgan fingerprint density at radius 2 is 1.96 bits per heavy atom. The van der Waals surface area contributed by atoms with E-state index in [2.05, 4.69) is 5.32 Å². The molecule has 0 unspecified atom stereocenters. The Hall–Kier alpha value is -3.02. The Bertz CT molecular complexity index is 832. The molecule has 0 saturated heterocycles. The molecule has 0 fully saturated rings. The van der Waals surface area contributed by atoms with Crippen LogP contribution in [0.1, 0.15) is 21.5 Å². The van der Waals surface area contributed by atoms with Gasteiger partial charge >= 0.3 is 5.97 Å². The first-order chi connectivity index (χ1) is 11.5. The fraction of sp³-hybridized carbons (Fsp3) is 0.167. The van der Waals surface area contributed by atoms with Crippen LogP contribution in [0.5, 0.6) is 0 Å². The number of Topliss-reactive ketones (excluding diaryl/α,β-unsaturated/α-hetero) is 1. The number of ether oxygens (including phenoxy) is 1. The molecule has 0 atom stereocenters. The molecule has 2 aromatic carbocycles. The van der Waals surface area contributed by atoms with Gasteiger partial charge in [0.15, 0.2) is 12.4 Å². The van der Waals surface area contributed by atoms with Crippen molar-refractivity contribution in [2.24, 2.45) is 0 Å². The van der Waals surface area contributed by atoms with Gasteiger partial charge in [-0.15, -0.1) is 0 Å². The monoisotopic (exact) mass is 327 g/mol. The maximum Gasteiger partial charge on any atom is 0.310 e. The van der Waals surface area contributed by atoms with E-state index in [9.17, 15) is 18.8 Å². The van der Waals surface area contributed by atoms with Crippen molar-refractivity contribution in [3.8, 4) is 0 Å². The van der Waals surface area contributed by atoms with Crippen molar-refractivity contribution in [3.63, 3.8) is 0 Å². The van der Waals surface area contributed by atoms with Gasteiger partial charge < -0.3 is 10.1 Å². The van der Waals surface area contributed by atoms with Crippen LogP contribution in [0.3, 0.4) is 0 Å². The fourth-order valence-electron chi connectivity index (χ4n) is 2.48. The van der Waals surface area contributed by atoms with Crippen LogP contribution in [-0.4, -0.2) is 24.3 Å². The lowest BCUT2D eigenvalue weighted by Gasteiger charge is -2.06. The predicted molar refractivity (Wildman–Crippen MR) is 84.2 cm³/mol. The topological polar surface area (TPSA) is 72.5 Å². The Kier molecular flexibility index (Phi) is 4.37. The van der Waals surface area contributed by atoms with E-state index in [1.54, 1.807) is 24.3 Å². The minimum atomic E-state index is -0.675. The summed E-state index contributed by atoms with van der Waals surface area (Å²) < 4.78 is 18.4. The first-order valence-electron chi connectivity index (χ1n) is 7.38. The highest BCUT2D eigenvalue weighted by molar-refractivity contribution is 6.02. The van der Waals surface area contributed by atoms with E-state index in [-0.39, 0.29) is 30.1 Å². The molecule has 0 spiro atoms. The average Bonchev–Trinajstić information content (AvgIpc) is 2.94. The molecule has 1 amide bonds. The van der Waals surface area contributed by atoms with Crippen LogP contribution in [0.2, 0.25) is 0 Å². The Morgan fingerprint density at radius 1 is 1.17 bits per heavy atom. The van der Waals surface area contributed by atoms with Crippen molar-refractivity contribution in [3.05, 3.63) is 65.0 Å². The van der Waals surface area contributed by atoms with Gasteiger partial charge in [-0.25, -0.2) is 4.39 Å². The van der Waals surface area contributed by atoms with Gasteiger partial charge in [0.25, 0.3) is 0 Å². The number of hydrogen-bond donors (Lipinski definition) is 1. The number of benzene rings is 2. The zero-order valence-corrected chi connectivity index (χ0v) is 12.7. The number of carbonyl (C=O) groups excluding carboxylic acids is 3. The third-order valence-electron chi connectivity index (χ3n) is 3.71. The normalized spacial score (nSPS) is 12.5. The Balaban J connectivity index is 1.58. The Labute approximate surface area is 137 Å².